The predicted molar refractivity (Wildman–Crippen MR) is 123 cm³/mol. The molecule has 1 heterocycles. The molecule has 0 atom stereocenters. The molecule has 3 rings (SSSR count). The van der Waals surface area contributed by atoms with Gasteiger partial charge in [-0.3, -0.25) is 0 Å². The standard InChI is InChI=1S/C27H33FO2/c1-3-5-6-7-8-10-20-11-13-21(14-12-20)15-16-22-17-18-23-19-24(9-4-2)30-27(29)25(23)26(22)28/h11-14,17-19H,3-10,15-16H2,1-2H3. The highest BCUT2D eigenvalue weighted by molar-refractivity contribution is 5.82. The van der Waals surface area contributed by atoms with Gasteiger partial charge in [-0.05, 0) is 60.2 Å². The van der Waals surface area contributed by atoms with Gasteiger partial charge in [0.1, 0.15) is 17.0 Å². The zero-order valence-electron chi connectivity index (χ0n) is 18.3. The molecule has 0 bridgehead atoms. The molecule has 0 aliphatic heterocycles. The number of fused-ring (bicyclic) bond motifs is 1. The molecule has 160 valence electrons. The van der Waals surface area contributed by atoms with E-state index in [1.165, 1.54) is 43.2 Å². The van der Waals surface area contributed by atoms with E-state index < -0.39 is 11.4 Å². The maximum atomic E-state index is 15.0. The van der Waals surface area contributed by atoms with Gasteiger partial charge in [0.2, 0.25) is 0 Å². The number of aryl methyl sites for hydroxylation is 4. The summed E-state index contributed by atoms with van der Waals surface area (Å²) in [6, 6.07) is 14.1. The summed E-state index contributed by atoms with van der Waals surface area (Å²) in [5, 5.41) is 0.699. The van der Waals surface area contributed by atoms with Gasteiger partial charge in [-0.15, -0.1) is 0 Å². The molecule has 0 saturated heterocycles. The first kappa shape index (κ1) is 22.3. The zero-order valence-corrected chi connectivity index (χ0v) is 18.3. The molecular weight excluding hydrogens is 375 g/mol. The minimum Gasteiger partial charge on any atom is -0.427 e. The first-order valence-electron chi connectivity index (χ1n) is 11.4. The Hall–Kier alpha value is -2.42. The van der Waals surface area contributed by atoms with Crippen LogP contribution in [0.5, 0.6) is 0 Å². The van der Waals surface area contributed by atoms with Crippen molar-refractivity contribution in [3.63, 3.8) is 0 Å². The Kier molecular flexibility index (Phi) is 8.24. The fourth-order valence-electron chi connectivity index (χ4n) is 3.98. The molecule has 0 radical (unpaired) electrons. The third kappa shape index (κ3) is 5.81. The smallest absolute Gasteiger partial charge is 0.346 e. The number of halogens is 1. The van der Waals surface area contributed by atoms with Crippen LogP contribution in [0.1, 0.15) is 74.8 Å². The number of benzene rings is 2. The van der Waals surface area contributed by atoms with E-state index in [9.17, 15) is 9.18 Å². The van der Waals surface area contributed by atoms with Crippen molar-refractivity contribution < 1.29 is 8.81 Å². The first-order chi connectivity index (χ1) is 14.6. The third-order valence-corrected chi connectivity index (χ3v) is 5.77. The maximum absolute atomic E-state index is 15.0. The lowest BCUT2D eigenvalue weighted by molar-refractivity contribution is 0.461. The van der Waals surface area contributed by atoms with E-state index in [1.807, 2.05) is 13.0 Å². The number of hydrogen-bond donors (Lipinski definition) is 0. The van der Waals surface area contributed by atoms with Crippen LogP contribution in [0.2, 0.25) is 0 Å². The molecule has 0 N–H and O–H groups in total. The van der Waals surface area contributed by atoms with Crippen molar-refractivity contribution in [3.05, 3.63) is 81.2 Å². The van der Waals surface area contributed by atoms with Crippen LogP contribution in [0.3, 0.4) is 0 Å². The van der Waals surface area contributed by atoms with Crippen LogP contribution in [0.15, 0.2) is 51.7 Å². The van der Waals surface area contributed by atoms with Crippen LogP contribution in [0.25, 0.3) is 10.8 Å². The highest BCUT2D eigenvalue weighted by atomic mass is 19.1. The van der Waals surface area contributed by atoms with Gasteiger partial charge in [-0.2, -0.15) is 0 Å². The molecule has 0 aliphatic carbocycles. The lowest BCUT2D eigenvalue weighted by Gasteiger charge is -2.08. The summed E-state index contributed by atoms with van der Waals surface area (Å²) >= 11 is 0. The summed E-state index contributed by atoms with van der Waals surface area (Å²) in [4.78, 5) is 12.3. The molecule has 2 nitrogen and oxygen atoms in total. The van der Waals surface area contributed by atoms with E-state index >= 15 is 0 Å². The molecule has 0 amide bonds. The molecule has 3 heteroatoms. The van der Waals surface area contributed by atoms with Gasteiger partial charge in [0.15, 0.2) is 0 Å². The SMILES string of the molecule is CCCCCCCc1ccc(CCc2ccc3cc(CCC)oc(=O)c3c2F)cc1. The van der Waals surface area contributed by atoms with Gasteiger partial charge >= 0.3 is 5.63 Å². The van der Waals surface area contributed by atoms with Crippen LogP contribution in [-0.2, 0) is 25.7 Å². The van der Waals surface area contributed by atoms with Crippen molar-refractivity contribution in [2.45, 2.75) is 78.1 Å². The quantitative estimate of drug-likeness (QED) is 0.314. The minimum absolute atomic E-state index is 0.0748. The third-order valence-electron chi connectivity index (χ3n) is 5.77. The van der Waals surface area contributed by atoms with Crippen LogP contribution in [0, 0.1) is 5.82 Å². The van der Waals surface area contributed by atoms with E-state index in [0.29, 0.717) is 29.6 Å². The second kappa shape index (κ2) is 11.1. The van der Waals surface area contributed by atoms with Crippen molar-refractivity contribution in [1.29, 1.82) is 0 Å². The Morgan fingerprint density at radius 3 is 2.17 bits per heavy atom. The van der Waals surface area contributed by atoms with E-state index in [0.717, 1.165) is 19.3 Å². The predicted octanol–water partition coefficient (Wildman–Crippen LogP) is 7.18. The van der Waals surface area contributed by atoms with E-state index in [2.05, 4.69) is 31.2 Å². The van der Waals surface area contributed by atoms with Crippen molar-refractivity contribution in [2.75, 3.05) is 0 Å². The van der Waals surface area contributed by atoms with Gasteiger partial charge in [-0.1, -0.05) is 75.9 Å². The topological polar surface area (TPSA) is 30.2 Å². The Balaban J connectivity index is 1.63. The molecule has 0 fully saturated rings. The fourth-order valence-corrected chi connectivity index (χ4v) is 3.98. The van der Waals surface area contributed by atoms with Crippen LogP contribution in [-0.4, -0.2) is 0 Å². The van der Waals surface area contributed by atoms with Gasteiger partial charge in [0.25, 0.3) is 0 Å². The zero-order chi connectivity index (χ0) is 21.3. The highest BCUT2D eigenvalue weighted by Gasteiger charge is 2.13. The average Bonchev–Trinajstić information content (AvgIpc) is 2.74. The molecule has 1 aromatic heterocycles. The molecule has 0 unspecified atom stereocenters. The molecule has 30 heavy (non-hydrogen) atoms. The van der Waals surface area contributed by atoms with Crippen molar-refractivity contribution in [1.82, 2.24) is 0 Å². The Labute approximate surface area is 179 Å². The lowest BCUT2D eigenvalue weighted by atomic mass is 9.99. The number of rotatable bonds is 11. The van der Waals surface area contributed by atoms with Crippen molar-refractivity contribution in [3.8, 4) is 0 Å². The molecule has 0 spiro atoms. The number of unbranched alkanes of at least 4 members (excludes halogenated alkanes) is 4. The second-order valence-electron chi connectivity index (χ2n) is 8.23. The van der Waals surface area contributed by atoms with Crippen molar-refractivity contribution in [2.24, 2.45) is 0 Å². The molecule has 2 aromatic carbocycles. The Morgan fingerprint density at radius 1 is 0.767 bits per heavy atom. The average molecular weight is 409 g/mol. The lowest BCUT2D eigenvalue weighted by Crippen LogP contribution is -2.07. The summed E-state index contributed by atoms with van der Waals surface area (Å²) in [6.07, 6.45) is 10.5. The second-order valence-corrected chi connectivity index (χ2v) is 8.23. The van der Waals surface area contributed by atoms with E-state index in [-0.39, 0.29) is 5.39 Å². The van der Waals surface area contributed by atoms with Crippen LogP contribution >= 0.6 is 0 Å². The first-order valence-corrected chi connectivity index (χ1v) is 11.4. The van der Waals surface area contributed by atoms with E-state index in [1.54, 1.807) is 12.1 Å². The van der Waals surface area contributed by atoms with Gasteiger partial charge in [-0.25, -0.2) is 9.18 Å². The molecule has 0 aliphatic rings. The van der Waals surface area contributed by atoms with Crippen molar-refractivity contribution >= 4 is 10.8 Å². The molecule has 0 saturated carbocycles. The Morgan fingerprint density at radius 2 is 1.47 bits per heavy atom. The van der Waals surface area contributed by atoms with E-state index in [4.69, 9.17) is 4.42 Å². The normalized spacial score (nSPS) is 11.3. The summed E-state index contributed by atoms with van der Waals surface area (Å²) < 4.78 is 20.3. The molecule has 3 aromatic rings. The summed E-state index contributed by atoms with van der Waals surface area (Å²) in [5.74, 6) is 0.181. The maximum Gasteiger partial charge on any atom is 0.346 e. The monoisotopic (exact) mass is 408 g/mol. The highest BCUT2D eigenvalue weighted by Crippen LogP contribution is 2.22. The van der Waals surface area contributed by atoms with Crippen LogP contribution in [0.4, 0.5) is 4.39 Å². The number of hydrogen-bond acceptors (Lipinski definition) is 2. The summed E-state index contributed by atoms with van der Waals surface area (Å²) in [5.41, 5.74) is 2.55. The van der Waals surface area contributed by atoms with Gasteiger partial charge < -0.3 is 4.42 Å². The molecular formula is C27H33FO2. The fraction of sp³-hybridized carbons (Fsp3) is 0.444. The van der Waals surface area contributed by atoms with Crippen LogP contribution < -0.4 is 5.63 Å². The Bertz CT molecular complexity index is 1000. The van der Waals surface area contributed by atoms with Gasteiger partial charge in [0.05, 0.1) is 0 Å². The largest absolute Gasteiger partial charge is 0.427 e. The summed E-state index contributed by atoms with van der Waals surface area (Å²) in [7, 11) is 0. The summed E-state index contributed by atoms with van der Waals surface area (Å²) in [6.45, 7) is 4.26. The van der Waals surface area contributed by atoms with Gasteiger partial charge in [0, 0.05) is 6.42 Å². The minimum atomic E-state index is -0.571.